The number of hydrogen-bond donors (Lipinski definition) is 2. The molecule has 5 nitrogen and oxygen atoms in total. The molecule has 0 bridgehead atoms. The van der Waals surface area contributed by atoms with Crippen molar-refractivity contribution in [3.05, 3.63) is 29.8 Å². The summed E-state index contributed by atoms with van der Waals surface area (Å²) in [7, 11) is 0. The van der Waals surface area contributed by atoms with Gasteiger partial charge in [-0.15, -0.1) is 24.0 Å². The molecule has 0 aromatic heterocycles. The summed E-state index contributed by atoms with van der Waals surface area (Å²) in [4.78, 5) is 6.92. The van der Waals surface area contributed by atoms with E-state index in [1.54, 1.807) is 0 Å². The Morgan fingerprint density at radius 2 is 2.12 bits per heavy atom. The molecule has 24 heavy (non-hydrogen) atoms. The lowest BCUT2D eigenvalue weighted by Crippen LogP contribution is -2.47. The van der Waals surface area contributed by atoms with Gasteiger partial charge in [0, 0.05) is 19.6 Å². The predicted molar refractivity (Wildman–Crippen MR) is 109 cm³/mol. The molecule has 1 aliphatic rings. The number of hydrogen-bond acceptors (Lipinski definition) is 3. The van der Waals surface area contributed by atoms with Crippen molar-refractivity contribution < 1.29 is 9.84 Å². The van der Waals surface area contributed by atoms with Crippen LogP contribution in [0.2, 0.25) is 0 Å². The number of aryl methyl sites for hydroxylation is 1. The summed E-state index contributed by atoms with van der Waals surface area (Å²) in [6, 6.07) is 8.08. The van der Waals surface area contributed by atoms with E-state index in [9.17, 15) is 5.11 Å². The van der Waals surface area contributed by atoms with Crippen LogP contribution in [0.15, 0.2) is 29.3 Å². The van der Waals surface area contributed by atoms with Crippen LogP contribution in [-0.2, 0) is 0 Å². The molecular weight excluding hydrogens is 417 g/mol. The third-order valence-corrected chi connectivity index (χ3v) is 3.92. The first-order chi connectivity index (χ1) is 11.1. The van der Waals surface area contributed by atoms with Crippen molar-refractivity contribution >= 4 is 29.9 Å². The molecule has 0 radical (unpaired) electrons. The van der Waals surface area contributed by atoms with Crippen LogP contribution in [0, 0.1) is 6.92 Å². The maximum Gasteiger partial charge on any atom is 0.194 e. The first-order valence-corrected chi connectivity index (χ1v) is 8.53. The lowest BCUT2D eigenvalue weighted by molar-refractivity contribution is 0.107. The van der Waals surface area contributed by atoms with Crippen LogP contribution >= 0.6 is 24.0 Å². The van der Waals surface area contributed by atoms with Gasteiger partial charge in [-0.3, -0.25) is 0 Å². The van der Waals surface area contributed by atoms with E-state index in [-0.39, 0.29) is 36.2 Å². The predicted octanol–water partition coefficient (Wildman–Crippen LogP) is 2.80. The van der Waals surface area contributed by atoms with E-state index < -0.39 is 0 Å². The molecule has 1 aliphatic heterocycles. The number of aliphatic hydroxyl groups excluding tert-OH is 1. The van der Waals surface area contributed by atoms with Gasteiger partial charge in [-0.2, -0.15) is 0 Å². The molecule has 1 atom stereocenters. The van der Waals surface area contributed by atoms with Gasteiger partial charge in [0.05, 0.1) is 12.6 Å². The molecule has 0 aliphatic carbocycles. The van der Waals surface area contributed by atoms with Crippen molar-refractivity contribution in [2.75, 3.05) is 26.2 Å². The molecular formula is C18H30IN3O2. The number of rotatable bonds is 5. The number of piperidine rings is 1. The number of nitrogens with zero attached hydrogens (tertiary/aromatic N) is 2. The molecule has 0 saturated carbocycles. The Hall–Kier alpha value is -1.02. The highest BCUT2D eigenvalue weighted by Gasteiger charge is 2.19. The molecule has 1 saturated heterocycles. The summed E-state index contributed by atoms with van der Waals surface area (Å²) in [5, 5.41) is 13.0. The highest BCUT2D eigenvalue weighted by atomic mass is 127. The molecule has 1 fully saturated rings. The Bertz CT molecular complexity index is 517. The second-order valence-corrected chi connectivity index (χ2v) is 6.16. The number of halogens is 1. The second-order valence-electron chi connectivity index (χ2n) is 6.16. The van der Waals surface area contributed by atoms with Crippen molar-refractivity contribution in [2.45, 2.75) is 45.8 Å². The van der Waals surface area contributed by atoms with Gasteiger partial charge in [-0.05, 0) is 51.3 Å². The van der Waals surface area contributed by atoms with Crippen LogP contribution in [0.25, 0.3) is 0 Å². The highest BCUT2D eigenvalue weighted by Crippen LogP contribution is 2.14. The fourth-order valence-electron chi connectivity index (χ4n) is 2.68. The van der Waals surface area contributed by atoms with Crippen LogP contribution in [0.3, 0.4) is 0 Å². The van der Waals surface area contributed by atoms with E-state index in [0.29, 0.717) is 6.54 Å². The standard InChI is InChI=1S/C18H29N3O2.HI/c1-4-19-18(21-10-8-16(22)9-11-21)20-13-15(3)23-17-7-5-6-14(2)12-17;/h5-7,12,15-16,22H,4,8-11,13H2,1-3H3,(H,19,20);1H. The van der Waals surface area contributed by atoms with Crippen molar-refractivity contribution in [1.29, 1.82) is 0 Å². The van der Waals surface area contributed by atoms with Crippen LogP contribution in [0.5, 0.6) is 5.75 Å². The Labute approximate surface area is 162 Å². The van der Waals surface area contributed by atoms with E-state index in [0.717, 1.165) is 44.2 Å². The summed E-state index contributed by atoms with van der Waals surface area (Å²) in [6.45, 7) is 9.31. The number of nitrogens with one attached hydrogen (secondary N) is 1. The molecule has 1 aromatic carbocycles. The summed E-state index contributed by atoms with van der Waals surface area (Å²) in [5.41, 5.74) is 1.19. The maximum atomic E-state index is 9.64. The average Bonchev–Trinajstić information content (AvgIpc) is 2.52. The van der Waals surface area contributed by atoms with Gasteiger partial charge < -0.3 is 20.1 Å². The van der Waals surface area contributed by atoms with Crippen molar-refractivity contribution in [2.24, 2.45) is 4.99 Å². The van der Waals surface area contributed by atoms with E-state index >= 15 is 0 Å². The highest BCUT2D eigenvalue weighted by molar-refractivity contribution is 14.0. The molecule has 2 N–H and O–H groups in total. The minimum absolute atomic E-state index is 0. The van der Waals surface area contributed by atoms with Gasteiger partial charge in [0.1, 0.15) is 11.9 Å². The van der Waals surface area contributed by atoms with Gasteiger partial charge >= 0.3 is 0 Å². The maximum absolute atomic E-state index is 9.64. The Balaban J connectivity index is 0.00000288. The first-order valence-electron chi connectivity index (χ1n) is 8.53. The van der Waals surface area contributed by atoms with Crippen molar-refractivity contribution in [3.8, 4) is 5.75 Å². The molecule has 1 unspecified atom stereocenters. The zero-order chi connectivity index (χ0) is 16.7. The fraction of sp³-hybridized carbons (Fsp3) is 0.611. The Kier molecular flexibility index (Phi) is 9.43. The topological polar surface area (TPSA) is 57.1 Å². The number of benzene rings is 1. The Morgan fingerprint density at radius 3 is 2.75 bits per heavy atom. The quantitative estimate of drug-likeness (QED) is 0.414. The minimum Gasteiger partial charge on any atom is -0.489 e. The monoisotopic (exact) mass is 447 g/mol. The normalized spacial score (nSPS) is 17.2. The number of aliphatic imine (C=N–C) groups is 1. The van der Waals surface area contributed by atoms with Gasteiger partial charge in [-0.1, -0.05) is 12.1 Å². The summed E-state index contributed by atoms with van der Waals surface area (Å²) in [6.07, 6.45) is 1.46. The third kappa shape index (κ3) is 6.84. The van der Waals surface area contributed by atoms with E-state index in [1.807, 2.05) is 25.1 Å². The molecule has 1 heterocycles. The molecule has 0 spiro atoms. The largest absolute Gasteiger partial charge is 0.489 e. The minimum atomic E-state index is -0.169. The summed E-state index contributed by atoms with van der Waals surface area (Å²) in [5.74, 6) is 1.80. The SMILES string of the molecule is CCNC(=NCC(C)Oc1cccc(C)c1)N1CCC(O)CC1.I. The van der Waals surface area contributed by atoms with E-state index in [4.69, 9.17) is 9.73 Å². The van der Waals surface area contributed by atoms with Crippen LogP contribution < -0.4 is 10.1 Å². The third-order valence-electron chi connectivity index (χ3n) is 3.92. The van der Waals surface area contributed by atoms with E-state index in [1.165, 1.54) is 5.56 Å². The molecule has 6 heteroatoms. The van der Waals surface area contributed by atoms with Gasteiger partial charge in [-0.25, -0.2) is 4.99 Å². The van der Waals surface area contributed by atoms with Crippen LogP contribution in [0.1, 0.15) is 32.3 Å². The number of ether oxygens (including phenoxy) is 1. The molecule has 136 valence electrons. The lowest BCUT2D eigenvalue weighted by Gasteiger charge is -2.32. The number of guanidine groups is 1. The van der Waals surface area contributed by atoms with Gasteiger partial charge in [0.25, 0.3) is 0 Å². The van der Waals surface area contributed by atoms with Crippen LogP contribution in [-0.4, -0.2) is 54.4 Å². The molecule has 0 amide bonds. The first kappa shape index (κ1) is 21.0. The van der Waals surface area contributed by atoms with E-state index in [2.05, 4.69) is 30.1 Å². The smallest absolute Gasteiger partial charge is 0.194 e. The number of likely N-dealkylation sites (tertiary alicyclic amines) is 1. The number of aliphatic hydroxyl groups is 1. The summed E-state index contributed by atoms with van der Waals surface area (Å²) >= 11 is 0. The van der Waals surface area contributed by atoms with Gasteiger partial charge in [0.15, 0.2) is 5.96 Å². The Morgan fingerprint density at radius 1 is 1.42 bits per heavy atom. The average molecular weight is 447 g/mol. The molecule has 2 rings (SSSR count). The summed E-state index contributed by atoms with van der Waals surface area (Å²) < 4.78 is 5.93. The van der Waals surface area contributed by atoms with Gasteiger partial charge in [0.2, 0.25) is 0 Å². The fourth-order valence-corrected chi connectivity index (χ4v) is 2.68. The zero-order valence-electron chi connectivity index (χ0n) is 14.9. The van der Waals surface area contributed by atoms with Crippen molar-refractivity contribution in [3.63, 3.8) is 0 Å². The zero-order valence-corrected chi connectivity index (χ0v) is 17.2. The van der Waals surface area contributed by atoms with Crippen LogP contribution in [0.4, 0.5) is 0 Å². The second kappa shape index (κ2) is 10.8. The molecule has 1 aromatic rings. The van der Waals surface area contributed by atoms with Crippen molar-refractivity contribution in [1.82, 2.24) is 10.2 Å². The lowest BCUT2D eigenvalue weighted by atomic mass is 10.1.